The molecule has 0 rings (SSSR count). The van der Waals surface area contributed by atoms with E-state index >= 15 is 0 Å². The fourth-order valence-electron chi connectivity index (χ4n) is 7.36. The molecule has 8 nitrogen and oxygen atoms in total. The summed E-state index contributed by atoms with van der Waals surface area (Å²) in [5.74, 6) is 1.46. The summed E-state index contributed by atoms with van der Waals surface area (Å²) in [4.78, 5) is 19.2. The van der Waals surface area contributed by atoms with Gasteiger partial charge in [-0.05, 0) is 300 Å². The van der Waals surface area contributed by atoms with Gasteiger partial charge < -0.3 is 19.6 Å². The topological polar surface area (TPSA) is 25.9 Å². The third-order valence-corrected chi connectivity index (χ3v) is 19.8. The van der Waals surface area contributed by atoms with E-state index in [4.69, 9.17) is 0 Å². The van der Waals surface area contributed by atoms with Crippen molar-refractivity contribution < 1.29 is 0 Å². The Morgan fingerprint density at radius 1 is 0.312 bits per heavy atom. The number of hydrogen-bond donors (Lipinski definition) is 0. The maximum absolute atomic E-state index is 2.44. The average molecular weight is 1150 g/mol. The second-order valence-corrected chi connectivity index (χ2v) is 32.2. The van der Waals surface area contributed by atoms with Crippen molar-refractivity contribution in [3.63, 3.8) is 0 Å². The van der Waals surface area contributed by atoms with Crippen molar-refractivity contribution in [2.75, 3.05) is 56.4 Å². The van der Waals surface area contributed by atoms with Gasteiger partial charge in [0.2, 0.25) is 0 Å². The lowest BCUT2D eigenvalue weighted by Crippen LogP contribution is -2.53. The van der Waals surface area contributed by atoms with Crippen LogP contribution in [0.25, 0.3) is 0 Å². The molecule has 0 N–H and O–H groups in total. The molecule has 0 aliphatic carbocycles. The molecule has 0 spiro atoms. The SMILES string of the molecule is CC(C)C(C)N(C)C(C)C.CC(C)N(C)C(C)(C)C.CC(C)N(C)C(C)(C)C(C)(C)C.CC(C)N(C)C(C)(C)C(C)C.CC(C)N(C)C(C)C.CC(C)N(C)C(C)C(C)(C)C.CCC(C)(C)N(C)C(C)C.CCC(C)N(C)C(C)C. The lowest BCUT2D eigenvalue weighted by Gasteiger charge is -2.48. The largest absolute Gasteiger partial charge is 0.302 e. The molecule has 0 fully saturated rings. The van der Waals surface area contributed by atoms with Gasteiger partial charge >= 0.3 is 0 Å². The summed E-state index contributed by atoms with van der Waals surface area (Å²) in [5, 5.41) is 0. The molecule has 0 amide bonds. The van der Waals surface area contributed by atoms with Gasteiger partial charge in [0.25, 0.3) is 0 Å². The summed E-state index contributed by atoms with van der Waals surface area (Å²) in [6.45, 7) is 94.7. The first-order valence-electron chi connectivity index (χ1n) is 32.8. The lowest BCUT2D eigenvalue weighted by molar-refractivity contribution is 0.0210. The Bertz CT molecular complexity index is 1350. The maximum atomic E-state index is 2.44. The van der Waals surface area contributed by atoms with Crippen LogP contribution in [0.2, 0.25) is 0 Å². The summed E-state index contributed by atoms with van der Waals surface area (Å²) in [5.41, 5.74) is 1.95. The van der Waals surface area contributed by atoms with Crippen molar-refractivity contribution in [1.29, 1.82) is 0 Å². The van der Waals surface area contributed by atoms with Crippen LogP contribution in [0.4, 0.5) is 0 Å². The van der Waals surface area contributed by atoms with Crippen LogP contribution in [0.3, 0.4) is 0 Å². The van der Waals surface area contributed by atoms with Gasteiger partial charge in [0.05, 0.1) is 0 Å². The summed E-state index contributed by atoms with van der Waals surface area (Å²) in [6.07, 6.45) is 2.45. The molecule has 3 unspecified atom stereocenters. The summed E-state index contributed by atoms with van der Waals surface area (Å²) in [6, 6.07) is 7.94. The van der Waals surface area contributed by atoms with Gasteiger partial charge in [-0.3, -0.25) is 19.6 Å². The van der Waals surface area contributed by atoms with E-state index in [1.807, 2.05) is 0 Å². The van der Waals surface area contributed by atoms with E-state index < -0.39 is 0 Å². The van der Waals surface area contributed by atoms with Gasteiger partial charge in [-0.2, -0.15) is 0 Å². The van der Waals surface area contributed by atoms with Crippen LogP contribution in [0.1, 0.15) is 304 Å². The quantitative estimate of drug-likeness (QED) is 0.126. The van der Waals surface area contributed by atoms with E-state index in [-0.39, 0.29) is 5.54 Å². The molecule has 496 valence electrons. The van der Waals surface area contributed by atoms with Crippen molar-refractivity contribution in [1.82, 2.24) is 39.2 Å². The van der Waals surface area contributed by atoms with Crippen molar-refractivity contribution in [3.05, 3.63) is 0 Å². The summed E-state index contributed by atoms with van der Waals surface area (Å²) >= 11 is 0. The Hall–Kier alpha value is -0.320. The Balaban J connectivity index is -0.000000124. The maximum Gasteiger partial charge on any atom is 0.0201 e. The molecule has 0 aromatic heterocycles. The molecule has 0 radical (unpaired) electrons. The van der Waals surface area contributed by atoms with Crippen LogP contribution >= 0.6 is 0 Å². The highest BCUT2D eigenvalue weighted by Gasteiger charge is 2.37. The molecule has 0 aliphatic heterocycles. The minimum atomic E-state index is 0.251. The van der Waals surface area contributed by atoms with Crippen LogP contribution in [0.5, 0.6) is 0 Å². The van der Waals surface area contributed by atoms with E-state index in [2.05, 4.69) is 386 Å². The van der Waals surface area contributed by atoms with E-state index in [9.17, 15) is 0 Å². The first-order chi connectivity index (χ1) is 35.0. The van der Waals surface area contributed by atoms with Gasteiger partial charge in [0.1, 0.15) is 0 Å². The van der Waals surface area contributed by atoms with Crippen LogP contribution in [0.15, 0.2) is 0 Å². The summed E-state index contributed by atoms with van der Waals surface area (Å²) in [7, 11) is 17.5. The van der Waals surface area contributed by atoms with Crippen LogP contribution < -0.4 is 0 Å². The third-order valence-electron chi connectivity index (χ3n) is 19.8. The number of nitrogens with zero attached hydrogens (tertiary/aromatic N) is 8. The normalized spacial score (nSPS) is 14.2. The molecule has 0 aliphatic rings. The van der Waals surface area contributed by atoms with Gasteiger partial charge in [-0.25, -0.2) is 0 Å². The Kier molecular flexibility index (Phi) is 53.0. The van der Waals surface area contributed by atoms with Crippen molar-refractivity contribution >= 4 is 0 Å². The van der Waals surface area contributed by atoms with Crippen molar-refractivity contribution in [2.45, 2.75) is 398 Å². The van der Waals surface area contributed by atoms with Gasteiger partial charge in [0, 0.05) is 94.7 Å². The Labute approximate surface area is 514 Å². The van der Waals surface area contributed by atoms with E-state index in [1.54, 1.807) is 0 Å². The number of hydrogen-bond acceptors (Lipinski definition) is 8. The fraction of sp³-hybridized carbons (Fsp3) is 1.00. The smallest absolute Gasteiger partial charge is 0.0201 e. The standard InChI is InChI=1S/C11H25N.2C10H23N.2C9H21N.2C8H19N.C7H17N/c1-9(2)12(8)11(6,7)10(3,4)5;1-8(2)11(7)9(3)10(4,5)6;1-8(2)10(5,6)11(7)9(3)4;1-7-9(4,5)10(6)8(2)3;1-7(2)9(5)10(6)8(3)4;1-7(2)9(6)8(3,4)5;1-6-8(4)9(5)7(2)3;1-6(2)8(5)7(3)4/h9H,1-8H3;2*8-9H,1-7H3;8H,7H2,1-6H3;7-9H,1-6H3;7H,1-6H3;7-8H,6H2,1-5H3;6-7H,1-5H3. The summed E-state index contributed by atoms with van der Waals surface area (Å²) < 4.78 is 0. The van der Waals surface area contributed by atoms with E-state index in [1.165, 1.54) is 12.8 Å². The highest BCUT2D eigenvalue weighted by molar-refractivity contribution is 4.92. The van der Waals surface area contributed by atoms with Gasteiger partial charge in [-0.1, -0.05) is 83.1 Å². The van der Waals surface area contributed by atoms with Crippen molar-refractivity contribution in [3.8, 4) is 0 Å². The van der Waals surface area contributed by atoms with Gasteiger partial charge in [-0.15, -0.1) is 0 Å². The zero-order valence-electron chi connectivity index (χ0n) is 66.1. The highest BCUT2D eigenvalue weighted by Crippen LogP contribution is 2.35. The minimum absolute atomic E-state index is 0.251. The fourth-order valence-corrected chi connectivity index (χ4v) is 7.36. The zero-order valence-corrected chi connectivity index (χ0v) is 66.1. The second-order valence-electron chi connectivity index (χ2n) is 32.2. The van der Waals surface area contributed by atoms with Crippen molar-refractivity contribution in [2.24, 2.45) is 22.7 Å². The predicted octanol–water partition coefficient (Wildman–Crippen LogP) is 19.5. The van der Waals surface area contributed by atoms with E-state index in [0.717, 1.165) is 12.0 Å². The lowest BCUT2D eigenvalue weighted by atomic mass is 9.75. The second kappa shape index (κ2) is 44.2. The Morgan fingerprint density at radius 2 is 0.600 bits per heavy atom. The predicted molar refractivity (Wildman–Crippen MR) is 378 cm³/mol. The van der Waals surface area contributed by atoms with Gasteiger partial charge in [0.15, 0.2) is 0 Å². The van der Waals surface area contributed by atoms with Crippen LogP contribution in [-0.4, -0.2) is 190 Å². The zero-order chi connectivity index (χ0) is 67.1. The molecule has 0 bridgehead atoms. The molecule has 0 saturated heterocycles. The third kappa shape index (κ3) is 44.2. The molecular formula is C72H168N8. The molecule has 3 atom stereocenters. The van der Waals surface area contributed by atoms with Crippen LogP contribution in [-0.2, 0) is 0 Å². The average Bonchev–Trinajstić information content (AvgIpc) is 3.30. The molecule has 0 saturated carbocycles. The Morgan fingerprint density at radius 3 is 0.675 bits per heavy atom. The molecule has 8 heteroatoms. The molecule has 0 heterocycles. The van der Waals surface area contributed by atoms with E-state index in [0.29, 0.717) is 99.8 Å². The molecule has 0 aromatic rings. The number of rotatable bonds is 19. The monoisotopic (exact) mass is 1150 g/mol. The first kappa shape index (κ1) is 96.0. The van der Waals surface area contributed by atoms with Crippen LogP contribution in [0, 0.1) is 22.7 Å². The molecule has 0 aromatic carbocycles. The molecule has 80 heavy (non-hydrogen) atoms. The highest BCUT2D eigenvalue weighted by atomic mass is 15.2. The minimum Gasteiger partial charge on any atom is -0.302 e. The first-order valence-corrected chi connectivity index (χ1v) is 32.8. The molecular weight excluding hydrogens is 977 g/mol.